The van der Waals surface area contributed by atoms with Crippen LogP contribution in [0.15, 0.2) is 34.6 Å². The van der Waals surface area contributed by atoms with Gasteiger partial charge < -0.3 is 20.1 Å². The van der Waals surface area contributed by atoms with Gasteiger partial charge in [-0.05, 0) is 19.1 Å². The third kappa shape index (κ3) is 8.64. The molecule has 11 heteroatoms. The fraction of sp³-hybridized carbons (Fsp3) is 0.444. The lowest BCUT2D eigenvalue weighted by molar-refractivity contribution is -0.140. The van der Waals surface area contributed by atoms with Crippen molar-refractivity contribution in [3.63, 3.8) is 0 Å². The fourth-order valence-electron chi connectivity index (χ4n) is 2.25. The third-order valence-corrected chi connectivity index (χ3v) is 4.54. The van der Waals surface area contributed by atoms with E-state index >= 15 is 0 Å². The van der Waals surface area contributed by atoms with Crippen molar-refractivity contribution in [2.45, 2.75) is 25.6 Å². The number of halogens is 4. The highest BCUT2D eigenvalue weighted by Gasteiger charge is 2.33. The van der Waals surface area contributed by atoms with E-state index < -0.39 is 11.9 Å². The van der Waals surface area contributed by atoms with Crippen LogP contribution in [0.5, 0.6) is 11.5 Å². The van der Waals surface area contributed by atoms with E-state index in [9.17, 15) is 13.2 Å². The zero-order valence-corrected chi connectivity index (χ0v) is 19.4. The molecule has 0 saturated heterocycles. The van der Waals surface area contributed by atoms with Crippen molar-refractivity contribution in [1.82, 2.24) is 15.6 Å². The molecule has 1 heterocycles. The van der Waals surface area contributed by atoms with E-state index in [1.807, 2.05) is 25.1 Å². The lowest BCUT2D eigenvalue weighted by atomic mass is 10.3. The summed E-state index contributed by atoms with van der Waals surface area (Å²) in [4.78, 5) is 7.69. The maximum Gasteiger partial charge on any atom is 0.434 e. The van der Waals surface area contributed by atoms with Gasteiger partial charge in [0, 0.05) is 31.5 Å². The molecule has 0 bridgehead atoms. The standard InChI is InChI=1S/C18H23F3N4O2S.HI/c1-12(27-14-6-4-5-13(9-14)26-3)10-24-17(22-2)23-8-7-16-25-15(11-28-16)18(19,20)21;/h4-6,9,11-12H,7-8,10H2,1-3H3,(H2,22,23,24);1H. The summed E-state index contributed by atoms with van der Waals surface area (Å²) in [6.07, 6.45) is -4.17. The van der Waals surface area contributed by atoms with Gasteiger partial charge in [-0.15, -0.1) is 35.3 Å². The third-order valence-electron chi connectivity index (χ3n) is 3.63. The van der Waals surface area contributed by atoms with Crippen LogP contribution in [-0.4, -0.2) is 44.3 Å². The molecule has 0 amide bonds. The molecule has 0 aliphatic carbocycles. The summed E-state index contributed by atoms with van der Waals surface area (Å²) in [5.41, 5.74) is -0.849. The quantitative estimate of drug-likeness (QED) is 0.299. The van der Waals surface area contributed by atoms with E-state index in [0.29, 0.717) is 42.0 Å². The molecular formula is C18H24F3IN4O2S. The number of guanidine groups is 1. The summed E-state index contributed by atoms with van der Waals surface area (Å²) >= 11 is 0.997. The number of benzene rings is 1. The van der Waals surface area contributed by atoms with Crippen molar-refractivity contribution >= 4 is 41.3 Å². The fourth-order valence-corrected chi connectivity index (χ4v) is 3.06. The first-order valence-corrected chi connectivity index (χ1v) is 9.46. The SMILES string of the molecule is CN=C(NCCc1nc(C(F)(F)F)cs1)NCC(C)Oc1cccc(OC)c1.I. The number of nitrogens with zero attached hydrogens (tertiary/aromatic N) is 2. The Labute approximate surface area is 188 Å². The van der Waals surface area contributed by atoms with Crippen LogP contribution in [0.3, 0.4) is 0 Å². The van der Waals surface area contributed by atoms with Crippen molar-refractivity contribution in [3.8, 4) is 11.5 Å². The van der Waals surface area contributed by atoms with Gasteiger partial charge in [0.05, 0.1) is 18.7 Å². The monoisotopic (exact) mass is 544 g/mol. The number of hydrogen-bond donors (Lipinski definition) is 2. The Hall–Kier alpha value is -1.76. The Morgan fingerprint density at radius 1 is 1.28 bits per heavy atom. The van der Waals surface area contributed by atoms with Crippen LogP contribution in [-0.2, 0) is 12.6 Å². The molecule has 2 aromatic rings. The first-order chi connectivity index (χ1) is 13.3. The number of rotatable bonds is 8. The Bertz CT molecular complexity index is 786. The van der Waals surface area contributed by atoms with Crippen molar-refractivity contribution in [2.75, 3.05) is 27.2 Å². The van der Waals surface area contributed by atoms with Gasteiger partial charge in [0.2, 0.25) is 0 Å². The molecule has 0 saturated carbocycles. The maximum atomic E-state index is 12.6. The zero-order valence-electron chi connectivity index (χ0n) is 16.2. The first kappa shape index (κ1) is 25.3. The highest BCUT2D eigenvalue weighted by molar-refractivity contribution is 14.0. The van der Waals surface area contributed by atoms with E-state index in [2.05, 4.69) is 20.6 Å². The highest BCUT2D eigenvalue weighted by Crippen LogP contribution is 2.30. The van der Waals surface area contributed by atoms with Gasteiger partial charge in [-0.25, -0.2) is 4.98 Å². The van der Waals surface area contributed by atoms with Gasteiger partial charge in [0.1, 0.15) is 17.6 Å². The van der Waals surface area contributed by atoms with Gasteiger partial charge in [0.15, 0.2) is 11.7 Å². The van der Waals surface area contributed by atoms with E-state index in [1.165, 1.54) is 0 Å². The molecule has 1 aromatic carbocycles. The van der Waals surface area contributed by atoms with E-state index in [4.69, 9.17) is 9.47 Å². The molecule has 6 nitrogen and oxygen atoms in total. The lowest BCUT2D eigenvalue weighted by Crippen LogP contribution is -2.42. The van der Waals surface area contributed by atoms with E-state index in [1.54, 1.807) is 20.2 Å². The molecule has 0 fully saturated rings. The molecule has 2 N–H and O–H groups in total. The van der Waals surface area contributed by atoms with Crippen LogP contribution < -0.4 is 20.1 Å². The molecule has 1 unspecified atom stereocenters. The number of alkyl halides is 3. The summed E-state index contributed by atoms with van der Waals surface area (Å²) in [6, 6.07) is 7.32. The van der Waals surface area contributed by atoms with Gasteiger partial charge in [0.25, 0.3) is 0 Å². The summed E-state index contributed by atoms with van der Waals surface area (Å²) in [5.74, 6) is 1.94. The van der Waals surface area contributed by atoms with Crippen LogP contribution in [0.1, 0.15) is 17.6 Å². The minimum absolute atomic E-state index is 0. The Morgan fingerprint density at radius 2 is 2.00 bits per heavy atom. The Kier molecular flexibility index (Phi) is 10.5. The Balaban J connectivity index is 0.00000420. The molecule has 29 heavy (non-hydrogen) atoms. The summed E-state index contributed by atoms with van der Waals surface area (Å²) < 4.78 is 48.7. The number of aromatic nitrogens is 1. The molecule has 1 atom stereocenters. The molecule has 0 aliphatic rings. The molecule has 1 aromatic heterocycles. The lowest BCUT2D eigenvalue weighted by Gasteiger charge is -2.18. The topological polar surface area (TPSA) is 67.8 Å². The number of aliphatic imine (C=N–C) groups is 1. The maximum absolute atomic E-state index is 12.6. The van der Waals surface area contributed by atoms with Crippen LogP contribution in [0.25, 0.3) is 0 Å². The average Bonchev–Trinajstić information content (AvgIpc) is 3.14. The predicted octanol–water partition coefficient (Wildman–Crippen LogP) is 3.96. The molecule has 162 valence electrons. The smallest absolute Gasteiger partial charge is 0.434 e. The van der Waals surface area contributed by atoms with Gasteiger partial charge in [-0.1, -0.05) is 6.07 Å². The second-order valence-electron chi connectivity index (χ2n) is 5.86. The molecule has 0 aliphatic heterocycles. The zero-order chi connectivity index (χ0) is 20.6. The molecule has 0 radical (unpaired) electrons. The highest BCUT2D eigenvalue weighted by atomic mass is 127. The second kappa shape index (κ2) is 12.1. The normalized spacial score (nSPS) is 12.7. The van der Waals surface area contributed by atoms with Crippen molar-refractivity contribution in [2.24, 2.45) is 4.99 Å². The molecule has 2 rings (SSSR count). The van der Waals surface area contributed by atoms with Gasteiger partial charge >= 0.3 is 6.18 Å². The second-order valence-corrected chi connectivity index (χ2v) is 6.80. The molecular weight excluding hydrogens is 520 g/mol. The number of ether oxygens (including phenoxy) is 2. The number of thiazole rings is 1. The van der Waals surface area contributed by atoms with Crippen molar-refractivity contribution in [1.29, 1.82) is 0 Å². The van der Waals surface area contributed by atoms with E-state index in [-0.39, 0.29) is 30.1 Å². The largest absolute Gasteiger partial charge is 0.497 e. The average molecular weight is 544 g/mol. The summed E-state index contributed by atoms with van der Waals surface area (Å²) in [7, 11) is 3.21. The van der Waals surface area contributed by atoms with Crippen LogP contribution in [0, 0.1) is 0 Å². The van der Waals surface area contributed by atoms with Crippen molar-refractivity contribution < 1.29 is 22.6 Å². The summed E-state index contributed by atoms with van der Waals surface area (Å²) in [6.45, 7) is 2.82. The number of methoxy groups -OCH3 is 1. The van der Waals surface area contributed by atoms with Crippen LogP contribution in [0.2, 0.25) is 0 Å². The van der Waals surface area contributed by atoms with Crippen LogP contribution >= 0.6 is 35.3 Å². The predicted molar refractivity (Wildman–Crippen MR) is 119 cm³/mol. The van der Waals surface area contributed by atoms with Crippen LogP contribution in [0.4, 0.5) is 13.2 Å². The van der Waals surface area contributed by atoms with E-state index in [0.717, 1.165) is 16.7 Å². The van der Waals surface area contributed by atoms with Gasteiger partial charge in [-0.2, -0.15) is 13.2 Å². The number of nitrogens with one attached hydrogen (secondary N) is 2. The Morgan fingerprint density at radius 3 is 2.62 bits per heavy atom. The van der Waals surface area contributed by atoms with Gasteiger partial charge in [-0.3, -0.25) is 4.99 Å². The summed E-state index contributed by atoms with van der Waals surface area (Å²) in [5, 5.41) is 7.62. The first-order valence-electron chi connectivity index (χ1n) is 8.58. The van der Waals surface area contributed by atoms with Crippen molar-refractivity contribution in [3.05, 3.63) is 40.3 Å². The minimum Gasteiger partial charge on any atom is -0.497 e. The molecule has 0 spiro atoms. The number of hydrogen-bond acceptors (Lipinski definition) is 5. The minimum atomic E-state index is -4.40.